The maximum atomic E-state index is 14.9. The monoisotopic (exact) mass is 694 g/mol. The maximum Gasteiger partial charge on any atom is 0.282 e. The van der Waals surface area contributed by atoms with Crippen LogP contribution in [0.25, 0.3) is 0 Å². The summed E-state index contributed by atoms with van der Waals surface area (Å²) in [5.41, 5.74) is 3.69. The maximum absolute atomic E-state index is 14.9. The van der Waals surface area contributed by atoms with Crippen LogP contribution in [0.4, 0.5) is 10.1 Å². The molecule has 3 unspecified atom stereocenters. The fourth-order valence-electron chi connectivity index (χ4n) is 6.86. The number of carbonyl (C=O) groups excluding carboxylic acids is 2. The van der Waals surface area contributed by atoms with Gasteiger partial charge >= 0.3 is 0 Å². The lowest BCUT2D eigenvalue weighted by molar-refractivity contribution is -0.134. The number of halogens is 2. The number of imide groups is 1. The third-order valence-corrected chi connectivity index (χ3v) is 10.1. The van der Waals surface area contributed by atoms with Crippen LogP contribution in [0.2, 0.25) is 0 Å². The van der Waals surface area contributed by atoms with Gasteiger partial charge in [-0.2, -0.15) is 5.10 Å². The van der Waals surface area contributed by atoms with E-state index < -0.39 is 11.7 Å². The normalized spacial score (nSPS) is 23.3. The van der Waals surface area contributed by atoms with Crippen molar-refractivity contribution < 1.29 is 18.7 Å². The molecule has 0 aliphatic carbocycles. The van der Waals surface area contributed by atoms with Crippen LogP contribution in [-0.2, 0) is 23.2 Å². The molecule has 10 nitrogen and oxygen atoms in total. The van der Waals surface area contributed by atoms with Crippen LogP contribution in [0.3, 0.4) is 0 Å². The summed E-state index contributed by atoms with van der Waals surface area (Å²) in [6, 6.07) is 13.8. The van der Waals surface area contributed by atoms with Gasteiger partial charge in [0.05, 0.1) is 17.8 Å². The van der Waals surface area contributed by atoms with Crippen LogP contribution < -0.4 is 20.9 Å². The van der Waals surface area contributed by atoms with E-state index >= 15 is 0 Å². The minimum atomic E-state index is -0.519. The van der Waals surface area contributed by atoms with Gasteiger partial charge in [-0.3, -0.25) is 24.6 Å². The number of hydrogen-bond donors (Lipinski definition) is 2. The number of nitrogens with one attached hydrogen (secondary N) is 2. The molecule has 3 atom stereocenters. The molecule has 6 rings (SSSR count). The van der Waals surface area contributed by atoms with Crippen molar-refractivity contribution >= 4 is 33.4 Å². The molecular weight excluding hydrogens is 655 g/mol. The molecule has 12 heteroatoms. The molecule has 3 aromatic rings. The lowest BCUT2D eigenvalue weighted by Gasteiger charge is -2.37. The van der Waals surface area contributed by atoms with Crippen LogP contribution in [0.15, 0.2) is 57.9 Å². The molecule has 0 radical (unpaired) electrons. The van der Waals surface area contributed by atoms with Crippen molar-refractivity contribution in [2.75, 3.05) is 38.5 Å². The Bertz CT molecular complexity index is 1640. The van der Waals surface area contributed by atoms with Gasteiger partial charge < -0.3 is 15.0 Å². The number of likely N-dealkylation sites (tertiary alicyclic amines) is 2. The van der Waals surface area contributed by atoms with Gasteiger partial charge in [0.25, 0.3) is 5.56 Å². The predicted octanol–water partition coefficient (Wildman–Crippen LogP) is 4.15. The van der Waals surface area contributed by atoms with Gasteiger partial charge in [0.15, 0.2) is 11.6 Å². The van der Waals surface area contributed by atoms with Crippen molar-refractivity contribution in [3.63, 3.8) is 0 Å². The highest BCUT2D eigenvalue weighted by atomic mass is 79.9. The average Bonchev–Trinajstić information content (AvgIpc) is 3.03. The summed E-state index contributed by atoms with van der Waals surface area (Å²) < 4.78 is 22.8. The molecule has 2 N–H and O–H groups in total. The molecule has 3 fully saturated rings. The third-order valence-electron chi connectivity index (χ3n) is 9.35. The first kappa shape index (κ1) is 32.3. The second-order valence-corrected chi connectivity index (χ2v) is 13.6. The number of carbonyl (C=O) groups is 2. The Kier molecular flexibility index (Phi) is 9.86. The number of aromatic nitrogens is 2. The number of benzene rings is 2. The predicted molar refractivity (Wildman–Crippen MR) is 176 cm³/mol. The Labute approximate surface area is 276 Å². The molecule has 3 aliphatic heterocycles. The smallest absolute Gasteiger partial charge is 0.282 e. The molecule has 0 spiro atoms. The highest BCUT2D eigenvalue weighted by Crippen LogP contribution is 2.31. The van der Waals surface area contributed by atoms with Crippen LogP contribution in [0.5, 0.6) is 5.75 Å². The Balaban J connectivity index is 0.988. The van der Waals surface area contributed by atoms with E-state index in [-0.39, 0.29) is 41.7 Å². The molecule has 1 aromatic heterocycles. The summed E-state index contributed by atoms with van der Waals surface area (Å²) in [4.78, 5) is 40.6. The van der Waals surface area contributed by atoms with Crippen LogP contribution in [0.1, 0.15) is 60.6 Å². The summed E-state index contributed by atoms with van der Waals surface area (Å²) in [5, 5.41) is 10.0. The van der Waals surface area contributed by atoms with E-state index in [2.05, 4.69) is 72.8 Å². The standard InChI is InChI=1S/C34H40BrFN6O4/c1-40-19-24(15-25(20-40)38-29-17-37-41(2)34(45)32(29)35)22-5-3-21(4-6-22)18-42-13-11-26(12-14-42)46-30-9-7-23(16-28(30)36)27-8-10-31(43)39-33(27)44/h3-7,9,16-17,24-27,38H,8,10-15,18-20H2,1-2H3,(H,39,43,44). The van der Waals surface area contributed by atoms with Crippen LogP contribution in [0, 0.1) is 5.82 Å². The molecule has 3 saturated heterocycles. The molecule has 244 valence electrons. The molecule has 2 amide bonds. The van der Waals surface area contributed by atoms with Crippen molar-refractivity contribution in [2.45, 2.75) is 62.6 Å². The largest absolute Gasteiger partial charge is 0.487 e. The van der Waals surface area contributed by atoms with Crippen molar-refractivity contribution in [2.24, 2.45) is 7.05 Å². The number of aryl methyl sites for hydroxylation is 1. The zero-order valence-electron chi connectivity index (χ0n) is 26.2. The average molecular weight is 696 g/mol. The second-order valence-electron chi connectivity index (χ2n) is 12.8. The number of likely N-dealkylation sites (N-methyl/N-ethyl adjacent to an activating group) is 1. The van der Waals surface area contributed by atoms with E-state index in [1.54, 1.807) is 25.4 Å². The first-order valence-electron chi connectivity index (χ1n) is 15.9. The van der Waals surface area contributed by atoms with Crippen LogP contribution in [-0.4, -0.2) is 76.8 Å². The minimum Gasteiger partial charge on any atom is -0.487 e. The van der Waals surface area contributed by atoms with Crippen LogP contribution >= 0.6 is 15.9 Å². The Morgan fingerprint density at radius 3 is 2.48 bits per heavy atom. The van der Waals surface area contributed by atoms with E-state index in [4.69, 9.17) is 4.74 Å². The lowest BCUT2D eigenvalue weighted by atomic mass is 9.87. The molecule has 2 aromatic carbocycles. The number of nitrogens with zero attached hydrogens (tertiary/aromatic N) is 4. The second kappa shape index (κ2) is 14.0. The van der Waals surface area contributed by atoms with Gasteiger partial charge in [-0.15, -0.1) is 0 Å². The molecule has 4 heterocycles. The van der Waals surface area contributed by atoms with Gasteiger partial charge in [-0.05, 0) is 83.4 Å². The first-order valence-corrected chi connectivity index (χ1v) is 16.7. The molecule has 46 heavy (non-hydrogen) atoms. The Morgan fingerprint density at radius 2 is 1.76 bits per heavy atom. The van der Waals surface area contributed by atoms with Gasteiger partial charge in [-0.25, -0.2) is 9.07 Å². The van der Waals surface area contributed by atoms with E-state index in [1.165, 1.54) is 21.9 Å². The Hall–Kier alpha value is -3.61. The first-order chi connectivity index (χ1) is 22.1. The molecule has 0 bridgehead atoms. The van der Waals surface area contributed by atoms with Gasteiger partial charge in [0, 0.05) is 52.2 Å². The van der Waals surface area contributed by atoms with Gasteiger partial charge in [0.1, 0.15) is 10.6 Å². The molecule has 3 aliphatic rings. The highest BCUT2D eigenvalue weighted by molar-refractivity contribution is 9.10. The number of hydrogen-bond acceptors (Lipinski definition) is 8. The van der Waals surface area contributed by atoms with Crippen molar-refractivity contribution in [1.82, 2.24) is 24.9 Å². The number of anilines is 1. The summed E-state index contributed by atoms with van der Waals surface area (Å²) in [6.07, 6.45) is 4.82. The lowest BCUT2D eigenvalue weighted by Crippen LogP contribution is -2.43. The quantitative estimate of drug-likeness (QED) is 0.339. The fourth-order valence-corrected chi connectivity index (χ4v) is 7.33. The third kappa shape index (κ3) is 7.50. The summed E-state index contributed by atoms with van der Waals surface area (Å²) in [5.74, 6) is -1.09. The van der Waals surface area contributed by atoms with Crippen molar-refractivity contribution in [3.8, 4) is 5.75 Å². The number of rotatable bonds is 8. The molecule has 0 saturated carbocycles. The number of piperidine rings is 3. The van der Waals surface area contributed by atoms with E-state index in [9.17, 15) is 18.8 Å². The van der Waals surface area contributed by atoms with E-state index in [0.717, 1.165) is 57.7 Å². The SMILES string of the molecule is CN1CC(Nc2cnn(C)c(=O)c2Br)CC(c2ccc(CN3CCC(Oc4ccc(C5CCC(=O)NC5=O)cc4F)CC3)cc2)C1. The summed E-state index contributed by atoms with van der Waals surface area (Å²) in [6.45, 7) is 4.42. The van der Waals surface area contributed by atoms with Crippen molar-refractivity contribution in [1.29, 1.82) is 0 Å². The minimum absolute atomic E-state index is 0.0743. The van der Waals surface area contributed by atoms with E-state index in [0.29, 0.717) is 22.4 Å². The highest BCUT2D eigenvalue weighted by Gasteiger charge is 2.30. The zero-order valence-corrected chi connectivity index (χ0v) is 27.8. The topological polar surface area (TPSA) is 109 Å². The van der Waals surface area contributed by atoms with E-state index in [1.807, 2.05) is 0 Å². The zero-order chi connectivity index (χ0) is 32.4. The summed E-state index contributed by atoms with van der Waals surface area (Å²) in [7, 11) is 3.77. The van der Waals surface area contributed by atoms with Crippen molar-refractivity contribution in [3.05, 3.63) is 86.0 Å². The van der Waals surface area contributed by atoms with Gasteiger partial charge in [0.2, 0.25) is 11.8 Å². The number of amides is 2. The fraction of sp³-hybridized carbons (Fsp3) is 0.471. The Morgan fingerprint density at radius 1 is 1.02 bits per heavy atom. The molecular formula is C34H40BrFN6O4. The number of ether oxygens (including phenoxy) is 1. The summed E-state index contributed by atoms with van der Waals surface area (Å²) >= 11 is 3.43. The van der Waals surface area contributed by atoms with Gasteiger partial charge in [-0.1, -0.05) is 30.3 Å².